The van der Waals surface area contributed by atoms with Crippen LogP contribution in [0.3, 0.4) is 0 Å². The molecule has 2 fully saturated rings. The van der Waals surface area contributed by atoms with Crippen LogP contribution in [0.1, 0.15) is 60.3 Å². The summed E-state index contributed by atoms with van der Waals surface area (Å²) >= 11 is 0. The van der Waals surface area contributed by atoms with E-state index in [1.165, 1.54) is 13.3 Å². The van der Waals surface area contributed by atoms with Gasteiger partial charge in [-0.25, -0.2) is 0 Å². The summed E-state index contributed by atoms with van der Waals surface area (Å²) in [4.78, 5) is 9.22. The van der Waals surface area contributed by atoms with E-state index in [0.717, 1.165) is 25.9 Å². The number of nitrogens with two attached hydrogens (primary N) is 1. The molecule has 1 saturated carbocycles. The highest BCUT2D eigenvalue weighted by atomic mass is 16.5. The minimum Gasteiger partial charge on any atom is -0.390 e. The lowest BCUT2D eigenvalue weighted by atomic mass is 9.76. The molecule has 3 N–H and O–H groups in total. The molecular formula is C13H29NO3. The summed E-state index contributed by atoms with van der Waals surface area (Å²) in [6.45, 7) is 10.1. The van der Waals surface area contributed by atoms with Gasteiger partial charge in [0.05, 0.1) is 18.3 Å². The van der Waals surface area contributed by atoms with Gasteiger partial charge in [-0.1, -0.05) is 27.7 Å². The van der Waals surface area contributed by atoms with Crippen molar-refractivity contribution in [2.75, 3.05) is 6.61 Å². The van der Waals surface area contributed by atoms with Crippen LogP contribution in [0, 0.1) is 0 Å². The quantitative estimate of drug-likeness (QED) is 0.689. The van der Waals surface area contributed by atoms with Crippen molar-refractivity contribution in [1.29, 1.82) is 0 Å². The summed E-state index contributed by atoms with van der Waals surface area (Å²) < 4.78 is 5.44. The van der Waals surface area contributed by atoms with Gasteiger partial charge in [0.1, 0.15) is 0 Å². The highest BCUT2D eigenvalue weighted by molar-refractivity contribution is 5.70. The molecule has 2 rings (SSSR count). The van der Waals surface area contributed by atoms with Gasteiger partial charge in [0.15, 0.2) is 0 Å². The molecule has 1 atom stereocenters. The molecule has 1 spiro atoms. The Kier molecular flexibility index (Phi) is 11.6. The summed E-state index contributed by atoms with van der Waals surface area (Å²) in [6, 6.07) is 0. The smallest absolute Gasteiger partial charge is 0.214 e. The van der Waals surface area contributed by atoms with Crippen LogP contribution in [0.5, 0.6) is 0 Å². The second kappa shape index (κ2) is 10.5. The average Bonchev–Trinajstić information content (AvgIpc) is 2.65. The number of amides is 1. The Morgan fingerprint density at radius 3 is 1.82 bits per heavy atom. The molecular weight excluding hydrogens is 218 g/mol. The molecule has 1 aliphatic carbocycles. The molecule has 0 aromatic heterocycles. The van der Waals surface area contributed by atoms with E-state index in [-0.39, 0.29) is 17.6 Å². The fraction of sp³-hybridized carbons (Fsp3) is 0.923. The van der Waals surface area contributed by atoms with E-state index in [9.17, 15) is 9.90 Å². The standard InChI is InChI=1S/C7H12O2.C2H5NO.2C2H6/c8-6-2-5-9-7(6)3-1-4-7;1-2(3)4;2*1-2/h6,8H,1-5H2;1H3,(H2,3,4);2*1-2H3/t6-;;;/m0.../s1. The number of aliphatic hydroxyl groups excluding tert-OH is 1. The number of rotatable bonds is 0. The third kappa shape index (κ3) is 6.64. The van der Waals surface area contributed by atoms with Gasteiger partial charge in [0, 0.05) is 6.92 Å². The summed E-state index contributed by atoms with van der Waals surface area (Å²) in [6.07, 6.45) is 4.07. The molecule has 104 valence electrons. The Hall–Kier alpha value is -0.610. The van der Waals surface area contributed by atoms with E-state index < -0.39 is 0 Å². The Morgan fingerprint density at radius 1 is 1.29 bits per heavy atom. The summed E-state index contributed by atoms with van der Waals surface area (Å²) in [5.41, 5.74) is 4.40. The van der Waals surface area contributed by atoms with Gasteiger partial charge in [-0.2, -0.15) is 0 Å². The molecule has 4 heteroatoms. The summed E-state index contributed by atoms with van der Waals surface area (Å²) in [5, 5.41) is 9.37. The van der Waals surface area contributed by atoms with Crippen LogP contribution in [0.2, 0.25) is 0 Å². The van der Waals surface area contributed by atoms with Crippen LogP contribution < -0.4 is 5.73 Å². The number of carbonyl (C=O) groups is 1. The Morgan fingerprint density at radius 2 is 1.71 bits per heavy atom. The molecule has 17 heavy (non-hydrogen) atoms. The van der Waals surface area contributed by atoms with Crippen molar-refractivity contribution >= 4 is 5.91 Å². The molecule has 0 aromatic carbocycles. The number of carbonyl (C=O) groups excluding carboxylic acids is 1. The largest absolute Gasteiger partial charge is 0.390 e. The molecule has 1 heterocycles. The van der Waals surface area contributed by atoms with Crippen LogP contribution in [-0.2, 0) is 9.53 Å². The minimum atomic E-state index is -0.333. The first-order valence-electron chi connectivity index (χ1n) is 6.65. The fourth-order valence-corrected chi connectivity index (χ4v) is 1.74. The topological polar surface area (TPSA) is 72.6 Å². The maximum absolute atomic E-state index is 9.37. The molecule has 1 amide bonds. The van der Waals surface area contributed by atoms with Gasteiger partial charge in [0.2, 0.25) is 5.91 Å². The van der Waals surface area contributed by atoms with Gasteiger partial charge in [-0.15, -0.1) is 0 Å². The normalized spacial score (nSPS) is 22.8. The van der Waals surface area contributed by atoms with Crippen molar-refractivity contribution < 1.29 is 14.6 Å². The molecule has 0 unspecified atom stereocenters. The Bertz CT molecular complexity index is 187. The lowest BCUT2D eigenvalue weighted by Gasteiger charge is -2.39. The van der Waals surface area contributed by atoms with Gasteiger partial charge < -0.3 is 15.6 Å². The van der Waals surface area contributed by atoms with Crippen LogP contribution in [-0.4, -0.2) is 29.3 Å². The molecule has 2 aliphatic rings. The first-order chi connectivity index (χ1) is 8.07. The van der Waals surface area contributed by atoms with Crippen LogP contribution in [0.25, 0.3) is 0 Å². The van der Waals surface area contributed by atoms with E-state index in [2.05, 4.69) is 5.73 Å². The van der Waals surface area contributed by atoms with E-state index in [1.807, 2.05) is 27.7 Å². The maximum Gasteiger partial charge on any atom is 0.214 e. The van der Waals surface area contributed by atoms with E-state index in [4.69, 9.17) is 4.74 Å². The van der Waals surface area contributed by atoms with Gasteiger partial charge in [-0.3, -0.25) is 4.79 Å². The predicted octanol–water partition coefficient (Wildman–Crippen LogP) is 2.23. The Balaban J connectivity index is 0. The molecule has 1 aliphatic heterocycles. The monoisotopic (exact) mass is 247 g/mol. The molecule has 1 saturated heterocycles. The van der Waals surface area contributed by atoms with Crippen molar-refractivity contribution in [3.05, 3.63) is 0 Å². The molecule has 0 radical (unpaired) electrons. The number of aliphatic hydroxyl groups is 1. The zero-order valence-electron chi connectivity index (χ0n) is 12.0. The molecule has 4 nitrogen and oxygen atoms in total. The third-order valence-electron chi connectivity index (χ3n) is 2.59. The van der Waals surface area contributed by atoms with E-state index in [0.29, 0.717) is 0 Å². The van der Waals surface area contributed by atoms with Crippen molar-refractivity contribution in [1.82, 2.24) is 0 Å². The predicted molar refractivity (Wildman–Crippen MR) is 70.7 cm³/mol. The summed E-state index contributed by atoms with van der Waals surface area (Å²) in [7, 11) is 0. The van der Waals surface area contributed by atoms with E-state index in [1.54, 1.807) is 0 Å². The second-order valence-corrected chi connectivity index (χ2v) is 3.68. The van der Waals surface area contributed by atoms with Gasteiger partial charge >= 0.3 is 0 Å². The third-order valence-corrected chi connectivity index (χ3v) is 2.59. The maximum atomic E-state index is 9.37. The zero-order valence-corrected chi connectivity index (χ0v) is 12.0. The van der Waals surface area contributed by atoms with Crippen LogP contribution >= 0.6 is 0 Å². The lowest BCUT2D eigenvalue weighted by Crippen LogP contribution is -2.45. The minimum absolute atomic E-state index is 0.0694. The highest BCUT2D eigenvalue weighted by Gasteiger charge is 2.47. The number of hydrogen-bond donors (Lipinski definition) is 2. The van der Waals surface area contributed by atoms with E-state index >= 15 is 0 Å². The van der Waals surface area contributed by atoms with Crippen molar-refractivity contribution in [3.63, 3.8) is 0 Å². The Labute approximate surface area is 106 Å². The highest BCUT2D eigenvalue weighted by Crippen LogP contribution is 2.43. The molecule has 0 aromatic rings. The van der Waals surface area contributed by atoms with Gasteiger partial charge in [0.25, 0.3) is 0 Å². The molecule has 0 bridgehead atoms. The van der Waals surface area contributed by atoms with Gasteiger partial charge in [-0.05, 0) is 25.7 Å². The SMILES string of the molecule is CC.CC.CC(N)=O.O[C@H]1CCOC12CCC2. The summed E-state index contributed by atoms with van der Waals surface area (Å²) in [5.74, 6) is -0.333. The van der Waals surface area contributed by atoms with Crippen molar-refractivity contribution in [2.45, 2.75) is 72.0 Å². The van der Waals surface area contributed by atoms with Crippen molar-refractivity contribution in [3.8, 4) is 0 Å². The first-order valence-corrected chi connectivity index (χ1v) is 6.65. The van der Waals surface area contributed by atoms with Crippen molar-refractivity contribution in [2.24, 2.45) is 5.73 Å². The lowest BCUT2D eigenvalue weighted by molar-refractivity contribution is -0.115. The fourth-order valence-electron chi connectivity index (χ4n) is 1.74. The zero-order chi connectivity index (χ0) is 13.9. The van der Waals surface area contributed by atoms with Crippen LogP contribution in [0.15, 0.2) is 0 Å². The average molecular weight is 247 g/mol. The first kappa shape index (κ1) is 18.7. The number of hydrogen-bond acceptors (Lipinski definition) is 3. The van der Waals surface area contributed by atoms with Crippen LogP contribution in [0.4, 0.5) is 0 Å². The number of ether oxygens (including phenoxy) is 1. The number of primary amides is 1. The second-order valence-electron chi connectivity index (χ2n) is 3.68.